The van der Waals surface area contributed by atoms with Crippen LogP contribution in [0.3, 0.4) is 0 Å². The minimum absolute atomic E-state index is 0.348. The Morgan fingerprint density at radius 3 is 2.79 bits per heavy atom. The second-order valence-corrected chi connectivity index (χ2v) is 6.67. The summed E-state index contributed by atoms with van der Waals surface area (Å²) in [6, 6.07) is 9.56. The van der Waals surface area contributed by atoms with E-state index in [1.54, 1.807) is 17.8 Å². The van der Waals surface area contributed by atoms with Gasteiger partial charge in [-0.15, -0.1) is 5.92 Å². The SMILES string of the molecule is CC#CCc1nc(-c2cc(Cl)c3ncccc3c2)c(-c2ccn(C)n2)nc1N. The van der Waals surface area contributed by atoms with E-state index in [1.807, 2.05) is 43.6 Å². The van der Waals surface area contributed by atoms with Gasteiger partial charge in [0, 0.05) is 30.4 Å². The van der Waals surface area contributed by atoms with Crippen molar-refractivity contribution in [2.45, 2.75) is 13.3 Å². The molecule has 0 atom stereocenters. The number of pyridine rings is 1. The molecule has 7 heteroatoms. The van der Waals surface area contributed by atoms with Crippen molar-refractivity contribution in [1.82, 2.24) is 24.7 Å². The minimum Gasteiger partial charge on any atom is -0.382 e. The monoisotopic (exact) mass is 388 g/mol. The highest BCUT2D eigenvalue weighted by atomic mass is 35.5. The normalized spacial score (nSPS) is 10.7. The summed E-state index contributed by atoms with van der Waals surface area (Å²) in [7, 11) is 1.85. The van der Waals surface area contributed by atoms with Crippen molar-refractivity contribution in [3.05, 3.63) is 53.4 Å². The van der Waals surface area contributed by atoms with Crippen LogP contribution in [0.5, 0.6) is 0 Å². The number of nitrogens with zero attached hydrogens (tertiary/aromatic N) is 5. The highest BCUT2D eigenvalue weighted by Crippen LogP contribution is 2.34. The fourth-order valence-electron chi connectivity index (χ4n) is 2.99. The molecular formula is C21H17ClN6. The van der Waals surface area contributed by atoms with Crippen LogP contribution in [-0.2, 0) is 13.5 Å². The number of fused-ring (bicyclic) bond motifs is 1. The summed E-state index contributed by atoms with van der Waals surface area (Å²) in [5.74, 6) is 6.22. The Morgan fingerprint density at radius 2 is 2.04 bits per heavy atom. The Balaban J connectivity index is 1.98. The summed E-state index contributed by atoms with van der Waals surface area (Å²) in [5.41, 5.74) is 10.3. The first-order valence-corrected chi connectivity index (χ1v) is 9.05. The molecule has 0 aliphatic carbocycles. The van der Waals surface area contributed by atoms with Gasteiger partial charge in [-0.2, -0.15) is 5.10 Å². The Morgan fingerprint density at radius 1 is 1.18 bits per heavy atom. The molecule has 0 saturated carbocycles. The second kappa shape index (κ2) is 7.29. The number of aromatic nitrogens is 5. The molecule has 0 radical (unpaired) electrons. The van der Waals surface area contributed by atoms with Crippen LogP contribution in [0.1, 0.15) is 12.6 Å². The first kappa shape index (κ1) is 18.0. The standard InChI is InChI=1S/C21H17ClN6/c1-3-4-7-17-21(23)26-20(16-8-10-28(2)27-16)19(25-17)14-11-13-6-5-9-24-18(13)15(22)12-14/h5-6,8-12H,7H2,1-2H3,(H2,23,26). The third-order valence-electron chi connectivity index (χ3n) is 4.32. The number of nitrogens with two attached hydrogens (primary N) is 1. The molecule has 0 amide bonds. The average Bonchev–Trinajstić information content (AvgIpc) is 3.13. The predicted octanol–water partition coefficient (Wildman–Crippen LogP) is 3.89. The van der Waals surface area contributed by atoms with Crippen molar-refractivity contribution in [3.8, 4) is 34.5 Å². The van der Waals surface area contributed by atoms with Crippen LogP contribution in [0.2, 0.25) is 5.02 Å². The zero-order valence-corrected chi connectivity index (χ0v) is 16.2. The third kappa shape index (κ3) is 3.28. The molecule has 6 nitrogen and oxygen atoms in total. The van der Waals surface area contributed by atoms with Gasteiger partial charge in [0.1, 0.15) is 17.2 Å². The van der Waals surface area contributed by atoms with Gasteiger partial charge in [-0.3, -0.25) is 9.67 Å². The fraction of sp³-hybridized carbons (Fsp3) is 0.143. The number of nitrogen functional groups attached to an aromatic ring is 1. The lowest BCUT2D eigenvalue weighted by Gasteiger charge is -2.12. The van der Waals surface area contributed by atoms with Gasteiger partial charge in [-0.25, -0.2) is 9.97 Å². The number of anilines is 1. The van der Waals surface area contributed by atoms with E-state index in [1.165, 1.54) is 0 Å². The van der Waals surface area contributed by atoms with E-state index in [-0.39, 0.29) is 0 Å². The van der Waals surface area contributed by atoms with Gasteiger partial charge in [0.25, 0.3) is 0 Å². The van der Waals surface area contributed by atoms with E-state index in [9.17, 15) is 0 Å². The van der Waals surface area contributed by atoms with Crippen LogP contribution in [0.15, 0.2) is 42.7 Å². The first-order chi connectivity index (χ1) is 13.6. The van der Waals surface area contributed by atoms with Crippen molar-refractivity contribution >= 4 is 28.3 Å². The quantitative estimate of drug-likeness (QED) is 0.538. The molecule has 0 unspecified atom stereocenters. The van der Waals surface area contributed by atoms with E-state index in [0.717, 1.165) is 16.5 Å². The van der Waals surface area contributed by atoms with Crippen molar-refractivity contribution < 1.29 is 0 Å². The zero-order valence-electron chi connectivity index (χ0n) is 15.4. The molecular weight excluding hydrogens is 372 g/mol. The molecule has 28 heavy (non-hydrogen) atoms. The molecule has 0 aliphatic rings. The maximum atomic E-state index is 6.49. The van der Waals surface area contributed by atoms with E-state index in [4.69, 9.17) is 22.3 Å². The largest absolute Gasteiger partial charge is 0.382 e. The molecule has 0 bridgehead atoms. The van der Waals surface area contributed by atoms with Gasteiger partial charge in [-0.1, -0.05) is 23.6 Å². The third-order valence-corrected chi connectivity index (χ3v) is 4.61. The Bertz CT molecular complexity index is 1250. The lowest BCUT2D eigenvalue weighted by molar-refractivity contribution is 0.770. The zero-order chi connectivity index (χ0) is 19.7. The van der Waals surface area contributed by atoms with Gasteiger partial charge in [0.05, 0.1) is 28.3 Å². The topological polar surface area (TPSA) is 82.5 Å². The van der Waals surface area contributed by atoms with Gasteiger partial charge in [0.15, 0.2) is 0 Å². The maximum absolute atomic E-state index is 6.49. The van der Waals surface area contributed by atoms with Crippen molar-refractivity contribution in [3.63, 3.8) is 0 Å². The van der Waals surface area contributed by atoms with Gasteiger partial charge in [-0.05, 0) is 31.2 Å². The molecule has 3 heterocycles. The second-order valence-electron chi connectivity index (χ2n) is 6.26. The van der Waals surface area contributed by atoms with E-state index >= 15 is 0 Å². The molecule has 0 saturated heterocycles. The van der Waals surface area contributed by atoms with Gasteiger partial charge in [0.2, 0.25) is 0 Å². The van der Waals surface area contributed by atoms with E-state index in [0.29, 0.717) is 40.0 Å². The van der Waals surface area contributed by atoms with Gasteiger partial charge >= 0.3 is 0 Å². The van der Waals surface area contributed by atoms with Crippen LogP contribution >= 0.6 is 11.6 Å². The Kier molecular flexibility index (Phi) is 4.68. The molecule has 1 aromatic carbocycles. The van der Waals surface area contributed by atoms with E-state index < -0.39 is 0 Å². The summed E-state index contributed by atoms with van der Waals surface area (Å²) in [4.78, 5) is 13.8. The molecule has 0 fully saturated rings. The highest BCUT2D eigenvalue weighted by molar-refractivity contribution is 6.35. The summed E-state index contributed by atoms with van der Waals surface area (Å²) < 4.78 is 1.71. The van der Waals surface area contributed by atoms with E-state index in [2.05, 4.69) is 26.9 Å². The summed E-state index contributed by atoms with van der Waals surface area (Å²) in [5, 5.41) is 5.94. The lowest BCUT2D eigenvalue weighted by Crippen LogP contribution is -2.05. The summed E-state index contributed by atoms with van der Waals surface area (Å²) in [6.45, 7) is 1.78. The van der Waals surface area contributed by atoms with Crippen molar-refractivity contribution in [1.29, 1.82) is 0 Å². The average molecular weight is 389 g/mol. The molecule has 4 aromatic rings. The number of hydrogen-bond donors (Lipinski definition) is 1. The van der Waals surface area contributed by atoms with Crippen LogP contribution in [0, 0.1) is 11.8 Å². The van der Waals surface area contributed by atoms with Gasteiger partial charge < -0.3 is 5.73 Å². The van der Waals surface area contributed by atoms with Crippen LogP contribution in [-0.4, -0.2) is 24.7 Å². The molecule has 3 aromatic heterocycles. The summed E-state index contributed by atoms with van der Waals surface area (Å²) >= 11 is 6.49. The molecule has 4 rings (SSSR count). The fourth-order valence-corrected chi connectivity index (χ4v) is 3.27. The van der Waals surface area contributed by atoms with Crippen LogP contribution in [0.4, 0.5) is 5.82 Å². The molecule has 2 N–H and O–H groups in total. The Labute approximate surface area is 167 Å². The first-order valence-electron chi connectivity index (χ1n) is 8.67. The maximum Gasteiger partial charge on any atom is 0.147 e. The number of rotatable bonds is 3. The Hall–Kier alpha value is -3.43. The predicted molar refractivity (Wildman–Crippen MR) is 112 cm³/mol. The molecule has 0 aliphatic heterocycles. The smallest absolute Gasteiger partial charge is 0.147 e. The van der Waals surface area contributed by atoms with Crippen LogP contribution in [0.25, 0.3) is 33.5 Å². The minimum atomic E-state index is 0.348. The highest BCUT2D eigenvalue weighted by Gasteiger charge is 2.18. The number of halogens is 1. The van der Waals surface area contributed by atoms with Crippen molar-refractivity contribution in [2.75, 3.05) is 5.73 Å². The summed E-state index contributed by atoms with van der Waals surface area (Å²) in [6.07, 6.45) is 4.00. The number of aryl methyl sites for hydroxylation is 1. The molecule has 0 spiro atoms. The molecule has 138 valence electrons. The number of benzene rings is 1. The lowest BCUT2D eigenvalue weighted by atomic mass is 10.0. The van der Waals surface area contributed by atoms with Crippen molar-refractivity contribution in [2.24, 2.45) is 7.05 Å². The van der Waals surface area contributed by atoms with Crippen LogP contribution < -0.4 is 5.73 Å². The number of hydrogen-bond acceptors (Lipinski definition) is 5.